The summed E-state index contributed by atoms with van der Waals surface area (Å²) < 4.78 is 5.76. The quantitative estimate of drug-likeness (QED) is 0.676. The van der Waals surface area contributed by atoms with Crippen molar-refractivity contribution in [2.75, 3.05) is 13.7 Å². The number of halogens is 1. The Balaban J connectivity index is 1.95. The van der Waals surface area contributed by atoms with Gasteiger partial charge in [-0.1, -0.05) is 29.8 Å². The van der Waals surface area contributed by atoms with Gasteiger partial charge in [0.05, 0.1) is 18.6 Å². The van der Waals surface area contributed by atoms with Crippen molar-refractivity contribution in [2.45, 2.75) is 13.0 Å². The van der Waals surface area contributed by atoms with Crippen LogP contribution >= 0.6 is 22.9 Å². The zero-order valence-electron chi connectivity index (χ0n) is 10.0. The summed E-state index contributed by atoms with van der Waals surface area (Å²) in [6.07, 6.45) is 0.374. The van der Waals surface area contributed by atoms with Gasteiger partial charge in [0.2, 0.25) is 0 Å². The number of fused-ring (bicyclic) bond motifs is 1. The second-order valence-corrected chi connectivity index (χ2v) is 5.35. The Hall–Kier alpha value is -1.10. The van der Waals surface area contributed by atoms with Crippen LogP contribution in [0.3, 0.4) is 0 Å². The van der Waals surface area contributed by atoms with Crippen molar-refractivity contribution in [1.82, 2.24) is 5.32 Å². The van der Waals surface area contributed by atoms with Gasteiger partial charge in [-0.2, -0.15) is 0 Å². The highest BCUT2D eigenvalue weighted by Crippen LogP contribution is 2.34. The van der Waals surface area contributed by atoms with E-state index in [2.05, 4.69) is 16.1 Å². The van der Waals surface area contributed by atoms with Crippen LogP contribution in [-0.2, 0) is 16.1 Å². The normalized spacial score (nSPS) is 10.8. The number of ether oxygens (including phenoxy) is 1. The third kappa shape index (κ3) is 3.02. The van der Waals surface area contributed by atoms with Crippen LogP contribution in [0.25, 0.3) is 10.1 Å². The molecule has 5 heteroatoms. The fourth-order valence-electron chi connectivity index (χ4n) is 1.67. The van der Waals surface area contributed by atoms with E-state index in [1.165, 1.54) is 11.8 Å². The van der Waals surface area contributed by atoms with Gasteiger partial charge < -0.3 is 10.1 Å². The molecule has 0 amide bonds. The van der Waals surface area contributed by atoms with Crippen LogP contribution < -0.4 is 5.32 Å². The van der Waals surface area contributed by atoms with Crippen LogP contribution in [0, 0.1) is 0 Å². The van der Waals surface area contributed by atoms with Gasteiger partial charge in [-0.05, 0) is 6.07 Å². The first-order valence-corrected chi connectivity index (χ1v) is 6.85. The molecule has 96 valence electrons. The number of hydrogen-bond donors (Lipinski definition) is 1. The minimum Gasteiger partial charge on any atom is -0.469 e. The van der Waals surface area contributed by atoms with Crippen LogP contribution in [0.15, 0.2) is 24.3 Å². The second kappa shape index (κ2) is 6.18. The molecule has 0 radical (unpaired) electrons. The molecule has 0 saturated carbocycles. The van der Waals surface area contributed by atoms with Crippen LogP contribution in [0.2, 0.25) is 5.02 Å². The number of methoxy groups -OCH3 is 1. The van der Waals surface area contributed by atoms with Crippen molar-refractivity contribution < 1.29 is 9.53 Å². The number of benzene rings is 1. The molecular formula is C13H14ClNO2S. The lowest BCUT2D eigenvalue weighted by Gasteiger charge is -2.02. The standard InChI is InChI=1S/C13H14ClNO2S/c1-17-12(16)6-7-15-8-11-13(14)9-4-2-3-5-10(9)18-11/h2-5,15H,6-8H2,1H3. The summed E-state index contributed by atoms with van der Waals surface area (Å²) in [6, 6.07) is 8.06. The molecule has 2 aromatic rings. The maximum absolute atomic E-state index is 10.9. The van der Waals surface area contributed by atoms with Gasteiger partial charge in [-0.25, -0.2) is 0 Å². The monoisotopic (exact) mass is 283 g/mol. The van der Waals surface area contributed by atoms with E-state index < -0.39 is 0 Å². The van der Waals surface area contributed by atoms with E-state index in [9.17, 15) is 4.79 Å². The third-order valence-corrected chi connectivity index (χ3v) is 4.34. The number of esters is 1. The molecule has 0 unspecified atom stereocenters. The van der Waals surface area contributed by atoms with Crippen molar-refractivity contribution in [3.05, 3.63) is 34.2 Å². The summed E-state index contributed by atoms with van der Waals surface area (Å²) in [5, 5.41) is 5.09. The van der Waals surface area contributed by atoms with Crippen molar-refractivity contribution >= 4 is 39.0 Å². The predicted octanol–water partition coefficient (Wildman–Crippen LogP) is 3.21. The summed E-state index contributed by atoms with van der Waals surface area (Å²) in [5.74, 6) is -0.204. The molecular weight excluding hydrogens is 270 g/mol. The predicted molar refractivity (Wildman–Crippen MR) is 75.2 cm³/mol. The van der Waals surface area contributed by atoms with E-state index in [1.807, 2.05) is 18.2 Å². The average Bonchev–Trinajstić information content (AvgIpc) is 2.72. The number of hydrogen-bond acceptors (Lipinski definition) is 4. The van der Waals surface area contributed by atoms with E-state index in [4.69, 9.17) is 11.6 Å². The first-order valence-electron chi connectivity index (χ1n) is 5.66. The number of carbonyl (C=O) groups is 1. The topological polar surface area (TPSA) is 38.3 Å². The molecule has 2 rings (SSSR count). The molecule has 1 aromatic heterocycles. The molecule has 0 spiro atoms. The first kappa shape index (κ1) is 13.3. The van der Waals surface area contributed by atoms with Gasteiger partial charge in [0.25, 0.3) is 0 Å². The molecule has 3 nitrogen and oxygen atoms in total. The molecule has 1 aromatic carbocycles. The lowest BCUT2D eigenvalue weighted by Crippen LogP contribution is -2.17. The minimum atomic E-state index is -0.204. The van der Waals surface area contributed by atoms with Gasteiger partial charge in [0.1, 0.15) is 0 Å². The molecule has 0 aliphatic heterocycles. The average molecular weight is 284 g/mol. The highest BCUT2D eigenvalue weighted by molar-refractivity contribution is 7.19. The maximum atomic E-state index is 10.9. The van der Waals surface area contributed by atoms with Gasteiger partial charge >= 0.3 is 5.97 Å². The Morgan fingerprint density at radius 1 is 1.44 bits per heavy atom. The molecule has 1 N–H and O–H groups in total. The Kier molecular flexibility index (Phi) is 4.58. The fourth-order valence-corrected chi connectivity index (χ4v) is 3.14. The van der Waals surface area contributed by atoms with E-state index in [0.29, 0.717) is 19.5 Å². The van der Waals surface area contributed by atoms with Crippen molar-refractivity contribution in [3.63, 3.8) is 0 Å². The van der Waals surface area contributed by atoms with Crippen molar-refractivity contribution in [3.8, 4) is 0 Å². The largest absolute Gasteiger partial charge is 0.469 e. The summed E-state index contributed by atoms with van der Waals surface area (Å²) in [6.45, 7) is 1.27. The SMILES string of the molecule is COC(=O)CCNCc1sc2ccccc2c1Cl. The third-order valence-electron chi connectivity index (χ3n) is 2.62. The van der Waals surface area contributed by atoms with E-state index in [-0.39, 0.29) is 5.97 Å². The van der Waals surface area contributed by atoms with Gasteiger partial charge in [0, 0.05) is 28.1 Å². The zero-order valence-corrected chi connectivity index (χ0v) is 11.6. The zero-order chi connectivity index (χ0) is 13.0. The number of carbonyl (C=O) groups excluding carboxylic acids is 1. The van der Waals surface area contributed by atoms with E-state index in [1.54, 1.807) is 11.3 Å². The summed E-state index contributed by atoms with van der Waals surface area (Å²) in [5.41, 5.74) is 0. The Bertz CT molecular complexity index is 553. The Morgan fingerprint density at radius 3 is 2.94 bits per heavy atom. The van der Waals surface area contributed by atoms with Gasteiger partial charge in [0.15, 0.2) is 0 Å². The molecule has 0 fully saturated rings. The van der Waals surface area contributed by atoms with Crippen LogP contribution in [0.4, 0.5) is 0 Å². The summed E-state index contributed by atoms with van der Waals surface area (Å²) in [7, 11) is 1.39. The molecule has 18 heavy (non-hydrogen) atoms. The first-order chi connectivity index (χ1) is 8.72. The Morgan fingerprint density at radius 2 is 2.22 bits per heavy atom. The van der Waals surface area contributed by atoms with Gasteiger partial charge in [-0.15, -0.1) is 11.3 Å². The summed E-state index contributed by atoms with van der Waals surface area (Å²) in [4.78, 5) is 12.0. The Labute approximate surface area is 115 Å². The van der Waals surface area contributed by atoms with Gasteiger partial charge in [-0.3, -0.25) is 4.79 Å². The molecule has 0 aliphatic carbocycles. The lowest BCUT2D eigenvalue weighted by atomic mass is 10.2. The van der Waals surface area contributed by atoms with Crippen LogP contribution in [0.1, 0.15) is 11.3 Å². The highest BCUT2D eigenvalue weighted by Gasteiger charge is 2.09. The number of rotatable bonds is 5. The van der Waals surface area contributed by atoms with Crippen molar-refractivity contribution in [1.29, 1.82) is 0 Å². The molecule has 0 aliphatic rings. The smallest absolute Gasteiger partial charge is 0.306 e. The van der Waals surface area contributed by atoms with Crippen molar-refractivity contribution in [2.24, 2.45) is 0 Å². The van der Waals surface area contributed by atoms with E-state index in [0.717, 1.165) is 15.3 Å². The molecule has 1 heterocycles. The fraction of sp³-hybridized carbons (Fsp3) is 0.308. The minimum absolute atomic E-state index is 0.204. The van der Waals surface area contributed by atoms with Crippen LogP contribution in [0.5, 0.6) is 0 Å². The van der Waals surface area contributed by atoms with E-state index >= 15 is 0 Å². The molecule has 0 bridgehead atoms. The highest BCUT2D eigenvalue weighted by atomic mass is 35.5. The summed E-state index contributed by atoms with van der Waals surface area (Å²) >= 11 is 7.98. The maximum Gasteiger partial charge on any atom is 0.306 e. The lowest BCUT2D eigenvalue weighted by molar-refractivity contribution is -0.140. The number of nitrogens with one attached hydrogen (secondary N) is 1. The molecule has 0 atom stereocenters. The number of thiophene rings is 1. The molecule has 0 saturated heterocycles. The van der Waals surface area contributed by atoms with Crippen LogP contribution in [-0.4, -0.2) is 19.6 Å². The second-order valence-electron chi connectivity index (χ2n) is 3.84.